The standard InChI is InChI=1S/C15H14Cl2N2O3/c1-9-3-4-19-11(5-9)18-10(6-12(19)20)7-22-13(21)14(2)8-15(14,16)17/h3-6H,7-8H2,1-2H3/t14-/m0/s1. The van der Waals surface area contributed by atoms with Crippen LogP contribution in [0.4, 0.5) is 0 Å². The van der Waals surface area contributed by atoms with Crippen molar-refractivity contribution in [3.05, 3.63) is 46.0 Å². The number of halogens is 2. The Morgan fingerprint density at radius 2 is 2.14 bits per heavy atom. The monoisotopic (exact) mass is 340 g/mol. The van der Waals surface area contributed by atoms with Gasteiger partial charge in [0.05, 0.1) is 5.69 Å². The van der Waals surface area contributed by atoms with Crippen LogP contribution in [0.3, 0.4) is 0 Å². The smallest absolute Gasteiger partial charge is 0.315 e. The van der Waals surface area contributed by atoms with Crippen LogP contribution >= 0.6 is 23.2 Å². The van der Waals surface area contributed by atoms with Crippen molar-refractivity contribution < 1.29 is 9.53 Å². The molecule has 1 atom stereocenters. The number of ether oxygens (including phenoxy) is 1. The highest BCUT2D eigenvalue weighted by atomic mass is 35.5. The maximum Gasteiger partial charge on any atom is 0.315 e. The highest BCUT2D eigenvalue weighted by molar-refractivity contribution is 6.53. The molecular weight excluding hydrogens is 327 g/mol. The van der Waals surface area contributed by atoms with Gasteiger partial charge < -0.3 is 4.74 Å². The summed E-state index contributed by atoms with van der Waals surface area (Å²) in [6, 6.07) is 4.96. The van der Waals surface area contributed by atoms with Gasteiger partial charge in [-0.2, -0.15) is 0 Å². The molecule has 2 aromatic heterocycles. The summed E-state index contributed by atoms with van der Waals surface area (Å²) in [4.78, 5) is 28.4. The number of carbonyl (C=O) groups excluding carboxylic acids is 1. The summed E-state index contributed by atoms with van der Waals surface area (Å²) in [5, 5.41) is 0. The van der Waals surface area contributed by atoms with E-state index in [1.807, 2.05) is 13.0 Å². The fourth-order valence-corrected chi connectivity index (χ4v) is 2.94. The number of nitrogens with zero attached hydrogens (tertiary/aromatic N) is 2. The van der Waals surface area contributed by atoms with Gasteiger partial charge in [0, 0.05) is 18.7 Å². The summed E-state index contributed by atoms with van der Waals surface area (Å²) in [6.45, 7) is 3.48. The third-order valence-corrected chi connectivity index (χ3v) is 5.04. The van der Waals surface area contributed by atoms with Crippen LogP contribution < -0.4 is 5.56 Å². The third-order valence-electron chi connectivity index (χ3n) is 3.94. The zero-order valence-corrected chi connectivity index (χ0v) is 13.6. The van der Waals surface area contributed by atoms with E-state index in [1.165, 1.54) is 10.5 Å². The number of fused-ring (bicyclic) bond motifs is 1. The lowest BCUT2D eigenvalue weighted by Gasteiger charge is -2.11. The fourth-order valence-electron chi connectivity index (χ4n) is 2.25. The van der Waals surface area contributed by atoms with Gasteiger partial charge in [0.2, 0.25) is 0 Å². The molecule has 0 spiro atoms. The predicted octanol–water partition coefficient (Wildman–Crippen LogP) is 2.63. The molecule has 2 heterocycles. The van der Waals surface area contributed by atoms with Crippen molar-refractivity contribution in [1.29, 1.82) is 0 Å². The van der Waals surface area contributed by atoms with Crippen LogP contribution in [0.2, 0.25) is 0 Å². The van der Waals surface area contributed by atoms with E-state index < -0.39 is 15.7 Å². The maximum absolute atomic E-state index is 12.0. The van der Waals surface area contributed by atoms with Crippen LogP contribution in [-0.2, 0) is 16.1 Å². The Morgan fingerprint density at radius 1 is 1.45 bits per heavy atom. The molecule has 2 aromatic rings. The zero-order valence-electron chi connectivity index (χ0n) is 12.1. The van der Waals surface area contributed by atoms with E-state index in [0.717, 1.165) is 5.56 Å². The molecule has 1 aliphatic carbocycles. The van der Waals surface area contributed by atoms with Crippen molar-refractivity contribution >= 4 is 34.8 Å². The number of aryl methyl sites for hydroxylation is 1. The van der Waals surface area contributed by atoms with Crippen molar-refractivity contribution in [3.63, 3.8) is 0 Å². The minimum Gasteiger partial charge on any atom is -0.459 e. The lowest BCUT2D eigenvalue weighted by atomic mass is 10.1. The molecule has 0 bridgehead atoms. The second-order valence-corrected chi connectivity index (χ2v) is 7.29. The van der Waals surface area contributed by atoms with Crippen LogP contribution in [0.1, 0.15) is 24.6 Å². The van der Waals surface area contributed by atoms with Gasteiger partial charge in [0.25, 0.3) is 5.56 Å². The summed E-state index contributed by atoms with van der Waals surface area (Å²) >= 11 is 11.9. The molecule has 0 amide bonds. The van der Waals surface area contributed by atoms with Crippen LogP contribution in [0.5, 0.6) is 0 Å². The van der Waals surface area contributed by atoms with Gasteiger partial charge in [0.15, 0.2) is 0 Å². The zero-order chi connectivity index (χ0) is 16.1. The van der Waals surface area contributed by atoms with Crippen molar-refractivity contribution in [2.75, 3.05) is 0 Å². The lowest BCUT2D eigenvalue weighted by Crippen LogP contribution is -2.22. The number of alkyl halides is 2. The maximum atomic E-state index is 12.0. The Balaban J connectivity index is 1.80. The molecule has 0 N–H and O–H groups in total. The van der Waals surface area contributed by atoms with Crippen LogP contribution in [0.15, 0.2) is 29.2 Å². The number of carbonyl (C=O) groups is 1. The molecule has 116 valence electrons. The van der Waals surface area contributed by atoms with Gasteiger partial charge in [-0.3, -0.25) is 14.0 Å². The second kappa shape index (κ2) is 4.96. The number of pyridine rings is 1. The van der Waals surface area contributed by atoms with Gasteiger partial charge in [-0.05, 0) is 31.5 Å². The molecule has 0 saturated heterocycles. The predicted molar refractivity (Wildman–Crippen MR) is 83.2 cm³/mol. The van der Waals surface area contributed by atoms with Gasteiger partial charge in [-0.1, -0.05) is 0 Å². The number of hydrogen-bond donors (Lipinski definition) is 0. The summed E-state index contributed by atoms with van der Waals surface area (Å²) < 4.78 is 5.57. The number of hydrogen-bond acceptors (Lipinski definition) is 4. The van der Waals surface area contributed by atoms with E-state index in [1.54, 1.807) is 19.2 Å². The first kappa shape index (κ1) is 15.3. The third kappa shape index (κ3) is 2.48. The number of rotatable bonds is 3. The van der Waals surface area contributed by atoms with Gasteiger partial charge in [-0.15, -0.1) is 23.2 Å². The molecule has 1 aliphatic rings. The molecule has 5 nitrogen and oxygen atoms in total. The Labute approximate surface area is 136 Å². The summed E-state index contributed by atoms with van der Waals surface area (Å²) in [6.07, 6.45) is 2.02. The second-order valence-electron chi connectivity index (χ2n) is 5.81. The van der Waals surface area contributed by atoms with Crippen LogP contribution in [-0.4, -0.2) is 19.7 Å². The molecule has 22 heavy (non-hydrogen) atoms. The molecule has 0 radical (unpaired) electrons. The van der Waals surface area contributed by atoms with Crippen molar-refractivity contribution in [1.82, 2.24) is 9.38 Å². The van der Waals surface area contributed by atoms with Gasteiger partial charge >= 0.3 is 5.97 Å². The molecular formula is C15H14Cl2N2O3. The highest BCUT2D eigenvalue weighted by Crippen LogP contribution is 2.64. The van der Waals surface area contributed by atoms with E-state index >= 15 is 0 Å². The Kier molecular flexibility index (Phi) is 3.45. The largest absolute Gasteiger partial charge is 0.459 e. The van der Waals surface area contributed by atoms with E-state index in [0.29, 0.717) is 17.8 Å². The fraction of sp³-hybridized carbons (Fsp3) is 0.400. The topological polar surface area (TPSA) is 60.7 Å². The van der Waals surface area contributed by atoms with Gasteiger partial charge in [-0.25, -0.2) is 4.98 Å². The first-order valence-electron chi connectivity index (χ1n) is 6.77. The average molecular weight is 341 g/mol. The Hall–Kier alpha value is -1.59. The molecule has 0 aromatic carbocycles. The van der Waals surface area contributed by atoms with Crippen LogP contribution in [0, 0.1) is 12.3 Å². The Bertz CT molecular complexity index is 831. The minimum absolute atomic E-state index is 0.0854. The molecule has 3 rings (SSSR count). The van der Waals surface area contributed by atoms with Crippen molar-refractivity contribution in [3.8, 4) is 0 Å². The van der Waals surface area contributed by atoms with Crippen molar-refractivity contribution in [2.45, 2.75) is 31.2 Å². The van der Waals surface area contributed by atoms with Crippen LogP contribution in [0.25, 0.3) is 5.65 Å². The van der Waals surface area contributed by atoms with E-state index in [9.17, 15) is 9.59 Å². The number of aromatic nitrogens is 2. The van der Waals surface area contributed by atoms with Crippen molar-refractivity contribution in [2.24, 2.45) is 5.41 Å². The first-order valence-corrected chi connectivity index (χ1v) is 7.52. The first-order chi connectivity index (χ1) is 10.2. The summed E-state index contributed by atoms with van der Waals surface area (Å²) in [7, 11) is 0. The SMILES string of the molecule is Cc1ccn2c(=O)cc(COC(=O)[C@]3(C)CC3(Cl)Cl)nc2c1. The highest BCUT2D eigenvalue weighted by Gasteiger charge is 2.69. The average Bonchev–Trinajstić information content (AvgIpc) is 2.95. The van der Waals surface area contributed by atoms with E-state index in [4.69, 9.17) is 27.9 Å². The normalized spacial score (nSPS) is 22.5. The molecule has 1 saturated carbocycles. The van der Waals surface area contributed by atoms with E-state index in [-0.39, 0.29) is 12.2 Å². The lowest BCUT2D eigenvalue weighted by molar-refractivity contribution is -0.151. The number of esters is 1. The quantitative estimate of drug-likeness (QED) is 0.636. The molecule has 1 fully saturated rings. The minimum atomic E-state index is -1.07. The molecule has 7 heteroatoms. The summed E-state index contributed by atoms with van der Waals surface area (Å²) in [5.41, 5.74) is 0.778. The Morgan fingerprint density at radius 3 is 2.77 bits per heavy atom. The van der Waals surface area contributed by atoms with E-state index in [2.05, 4.69) is 4.98 Å². The molecule has 0 aliphatic heterocycles. The van der Waals surface area contributed by atoms with Gasteiger partial charge in [0.1, 0.15) is 22.0 Å². The summed E-state index contributed by atoms with van der Waals surface area (Å²) in [5.74, 6) is -0.483. The molecule has 0 unspecified atom stereocenters.